The molecule has 0 spiro atoms. The van der Waals surface area contributed by atoms with E-state index in [1.165, 1.54) is 11.1 Å². The number of hydrogen-bond acceptors (Lipinski definition) is 7. The summed E-state index contributed by atoms with van der Waals surface area (Å²) in [7, 11) is 0. The number of carbonyl (C=O) groups is 1. The van der Waals surface area contributed by atoms with Gasteiger partial charge in [-0.1, -0.05) is 39.0 Å². The number of carboxylic acid groups (broad SMARTS) is 1. The number of rotatable bonds is 7. The average molecular weight is 586 g/mol. The predicted octanol–water partition coefficient (Wildman–Crippen LogP) is 6.85. The van der Waals surface area contributed by atoms with Crippen LogP contribution in [0.25, 0.3) is 11.1 Å². The van der Waals surface area contributed by atoms with Crippen molar-refractivity contribution in [1.29, 1.82) is 0 Å². The number of carboxylic acids is 1. The topological polar surface area (TPSA) is 91.7 Å². The first-order valence-corrected chi connectivity index (χ1v) is 15.6. The summed E-state index contributed by atoms with van der Waals surface area (Å²) in [4.78, 5) is 31.6. The van der Waals surface area contributed by atoms with Gasteiger partial charge in [-0.15, -0.1) is 0 Å². The van der Waals surface area contributed by atoms with Gasteiger partial charge in [-0.25, -0.2) is 14.8 Å². The first-order chi connectivity index (χ1) is 20.3. The van der Waals surface area contributed by atoms with Gasteiger partial charge in [0.05, 0.1) is 11.3 Å². The van der Waals surface area contributed by atoms with Crippen molar-refractivity contribution in [2.24, 2.45) is 5.41 Å². The SMILES string of the molecule is CCc1cnc(N2CCc3cc(-c4c(C)nc(C)c([C@H](OC(C)(C)C)C(=O)O)c4N4CCC(C)(C)CC4)ccc3C2)nc1. The zero-order valence-corrected chi connectivity index (χ0v) is 27.1. The minimum absolute atomic E-state index is 0.250. The van der Waals surface area contributed by atoms with Crippen molar-refractivity contribution in [3.63, 3.8) is 0 Å². The molecule has 1 aromatic carbocycles. The first-order valence-electron chi connectivity index (χ1n) is 15.6. The van der Waals surface area contributed by atoms with E-state index in [1.807, 2.05) is 47.0 Å². The lowest BCUT2D eigenvalue weighted by atomic mass is 9.81. The van der Waals surface area contributed by atoms with E-state index in [9.17, 15) is 9.90 Å². The Morgan fingerprint density at radius 2 is 1.70 bits per heavy atom. The van der Waals surface area contributed by atoms with Crippen LogP contribution in [0.1, 0.15) is 94.1 Å². The average Bonchev–Trinajstić information content (AvgIpc) is 2.95. The molecule has 230 valence electrons. The van der Waals surface area contributed by atoms with Crippen LogP contribution in [-0.2, 0) is 28.9 Å². The molecule has 0 unspecified atom stereocenters. The molecular formula is C35H47N5O3. The summed E-state index contributed by atoms with van der Waals surface area (Å²) in [5.41, 5.74) is 8.62. The number of pyridine rings is 1. The second kappa shape index (κ2) is 11.9. The number of benzene rings is 1. The molecule has 8 nitrogen and oxygen atoms in total. The molecule has 2 aromatic heterocycles. The third-order valence-electron chi connectivity index (χ3n) is 8.86. The van der Waals surface area contributed by atoms with E-state index in [-0.39, 0.29) is 5.41 Å². The Kier molecular flexibility index (Phi) is 8.54. The third-order valence-corrected chi connectivity index (χ3v) is 8.86. The zero-order valence-electron chi connectivity index (χ0n) is 27.1. The summed E-state index contributed by atoms with van der Waals surface area (Å²) in [5.74, 6) is -0.225. The molecule has 0 amide bonds. The Bertz CT molecular complexity index is 1480. The molecule has 43 heavy (non-hydrogen) atoms. The number of piperidine rings is 1. The van der Waals surface area contributed by atoms with Gasteiger partial charge in [0.15, 0.2) is 6.10 Å². The van der Waals surface area contributed by atoms with E-state index >= 15 is 0 Å². The van der Waals surface area contributed by atoms with Crippen LogP contribution in [0.4, 0.5) is 11.6 Å². The van der Waals surface area contributed by atoms with Crippen LogP contribution in [0.5, 0.6) is 0 Å². The van der Waals surface area contributed by atoms with Crippen molar-refractivity contribution in [2.75, 3.05) is 29.4 Å². The minimum Gasteiger partial charge on any atom is -0.479 e. The van der Waals surface area contributed by atoms with Gasteiger partial charge in [0.2, 0.25) is 5.95 Å². The van der Waals surface area contributed by atoms with E-state index < -0.39 is 17.7 Å². The molecule has 1 N–H and O–H groups in total. The number of hydrogen-bond donors (Lipinski definition) is 1. The molecule has 0 radical (unpaired) electrons. The number of aryl methyl sites for hydroxylation is 3. The highest BCUT2D eigenvalue weighted by atomic mass is 16.5. The lowest BCUT2D eigenvalue weighted by Gasteiger charge is -2.41. The zero-order chi connectivity index (χ0) is 31.1. The molecule has 1 saturated heterocycles. The Hall–Kier alpha value is -3.52. The normalized spacial score (nSPS) is 17.5. The van der Waals surface area contributed by atoms with E-state index in [2.05, 4.69) is 58.7 Å². The van der Waals surface area contributed by atoms with Gasteiger partial charge in [0, 0.05) is 61.1 Å². The quantitative estimate of drug-likeness (QED) is 0.322. The molecule has 2 aliphatic rings. The number of nitrogens with zero attached hydrogens (tertiary/aromatic N) is 5. The highest BCUT2D eigenvalue weighted by molar-refractivity contribution is 5.88. The van der Waals surface area contributed by atoms with Crippen molar-refractivity contribution in [2.45, 2.75) is 99.3 Å². The molecule has 0 aliphatic carbocycles. The number of anilines is 2. The maximum atomic E-state index is 12.8. The number of aliphatic carboxylic acids is 1. The highest BCUT2D eigenvalue weighted by Crippen LogP contribution is 2.45. The van der Waals surface area contributed by atoms with Gasteiger partial charge in [-0.05, 0) is 88.0 Å². The summed E-state index contributed by atoms with van der Waals surface area (Å²) in [6.07, 6.45) is 6.59. The second-order valence-electron chi connectivity index (χ2n) is 13.9. The molecule has 2 aliphatic heterocycles. The minimum atomic E-state index is -1.12. The standard InChI is InChI=1S/C35H47N5O3/c1-9-24-19-36-33(37-20-24)40-15-12-25-18-26(10-11-27(25)21-40)28-22(2)38-23(3)29(31(32(41)42)43-34(4,5)6)30(28)39-16-13-35(7,8)14-17-39/h10-11,18-20,31H,9,12-17,21H2,1-8H3,(H,41,42)/t31-/m0/s1. The van der Waals surface area contributed by atoms with Crippen LogP contribution in [-0.4, -0.2) is 51.3 Å². The summed E-state index contributed by atoms with van der Waals surface area (Å²) < 4.78 is 6.24. The Morgan fingerprint density at radius 1 is 1.02 bits per heavy atom. The Labute approximate surface area is 256 Å². The van der Waals surface area contributed by atoms with E-state index in [0.717, 1.165) is 85.9 Å². The molecular weight excluding hydrogens is 538 g/mol. The molecule has 3 aromatic rings. The van der Waals surface area contributed by atoms with Gasteiger partial charge >= 0.3 is 5.97 Å². The fourth-order valence-electron chi connectivity index (χ4n) is 6.33. The molecule has 1 atom stereocenters. The summed E-state index contributed by atoms with van der Waals surface area (Å²) in [6, 6.07) is 6.67. The first kappa shape index (κ1) is 30.9. The van der Waals surface area contributed by atoms with Crippen molar-refractivity contribution < 1.29 is 14.6 Å². The predicted molar refractivity (Wildman–Crippen MR) is 172 cm³/mol. The lowest BCUT2D eigenvalue weighted by Crippen LogP contribution is -2.39. The van der Waals surface area contributed by atoms with Crippen LogP contribution < -0.4 is 9.80 Å². The Morgan fingerprint density at radius 3 is 2.30 bits per heavy atom. The summed E-state index contributed by atoms with van der Waals surface area (Å²) in [5, 5.41) is 10.5. The van der Waals surface area contributed by atoms with Crippen molar-refractivity contribution in [3.05, 3.63) is 64.2 Å². The van der Waals surface area contributed by atoms with Gasteiger partial charge < -0.3 is 19.6 Å². The summed E-state index contributed by atoms with van der Waals surface area (Å²) >= 11 is 0. The van der Waals surface area contributed by atoms with Gasteiger partial charge in [0.1, 0.15) is 0 Å². The molecule has 0 bridgehead atoms. The van der Waals surface area contributed by atoms with Crippen molar-refractivity contribution in [3.8, 4) is 11.1 Å². The van der Waals surface area contributed by atoms with E-state index in [0.29, 0.717) is 11.3 Å². The van der Waals surface area contributed by atoms with E-state index in [1.54, 1.807) is 0 Å². The van der Waals surface area contributed by atoms with Crippen LogP contribution in [0.2, 0.25) is 0 Å². The largest absolute Gasteiger partial charge is 0.479 e. The van der Waals surface area contributed by atoms with Crippen LogP contribution in [0.3, 0.4) is 0 Å². The fourth-order valence-corrected chi connectivity index (χ4v) is 6.33. The monoisotopic (exact) mass is 585 g/mol. The maximum absolute atomic E-state index is 12.8. The number of aromatic nitrogens is 3. The summed E-state index contributed by atoms with van der Waals surface area (Å²) in [6.45, 7) is 19.7. The second-order valence-corrected chi connectivity index (χ2v) is 13.9. The van der Waals surface area contributed by atoms with Crippen molar-refractivity contribution in [1.82, 2.24) is 15.0 Å². The van der Waals surface area contributed by atoms with Gasteiger partial charge in [-0.2, -0.15) is 0 Å². The highest BCUT2D eigenvalue weighted by Gasteiger charge is 2.36. The number of fused-ring (bicyclic) bond motifs is 1. The smallest absolute Gasteiger partial charge is 0.337 e. The molecule has 5 rings (SSSR count). The van der Waals surface area contributed by atoms with Crippen LogP contribution in [0.15, 0.2) is 30.6 Å². The van der Waals surface area contributed by atoms with Gasteiger partial charge in [-0.3, -0.25) is 4.98 Å². The van der Waals surface area contributed by atoms with Gasteiger partial charge in [0.25, 0.3) is 0 Å². The van der Waals surface area contributed by atoms with E-state index in [4.69, 9.17) is 9.72 Å². The maximum Gasteiger partial charge on any atom is 0.337 e. The molecule has 8 heteroatoms. The molecule has 4 heterocycles. The third kappa shape index (κ3) is 6.69. The molecule has 0 saturated carbocycles. The Balaban J connectivity index is 1.59. The van der Waals surface area contributed by atoms with Crippen molar-refractivity contribution >= 4 is 17.6 Å². The lowest BCUT2D eigenvalue weighted by molar-refractivity contribution is -0.160. The van der Waals surface area contributed by atoms with Crippen LogP contribution >= 0.6 is 0 Å². The molecule has 1 fully saturated rings. The van der Waals surface area contributed by atoms with Crippen LogP contribution in [0, 0.1) is 19.3 Å². The number of ether oxygens (including phenoxy) is 1. The fraction of sp³-hybridized carbons (Fsp3) is 0.543.